The summed E-state index contributed by atoms with van der Waals surface area (Å²) >= 11 is 0. The minimum atomic E-state index is -1.17. The van der Waals surface area contributed by atoms with Crippen LogP contribution < -0.4 is 16.8 Å². The highest BCUT2D eigenvalue weighted by atomic mass is 16.4. The Kier molecular flexibility index (Phi) is 7.69. The number of carboxylic acid groups (broad SMARTS) is 1. The fraction of sp³-hybridized carbons (Fsp3) is 0.727. The molecule has 2 atom stereocenters. The zero-order valence-electron chi connectivity index (χ0n) is 10.5. The molecule has 0 aliphatic rings. The standard InChI is InChI=1S/C11H21N3O4/c1-7(6-12)2-5-10(16)14-8(11(17)18)3-4-9(13)15/h7-8H,2-6,12H2,1H3,(H2,13,15)(H,14,16)(H,17,18)/t7?,8-/m1/s1. The van der Waals surface area contributed by atoms with Gasteiger partial charge in [-0.05, 0) is 25.3 Å². The minimum Gasteiger partial charge on any atom is -0.480 e. The lowest BCUT2D eigenvalue weighted by Gasteiger charge is -2.14. The topological polar surface area (TPSA) is 136 Å². The van der Waals surface area contributed by atoms with Crippen molar-refractivity contribution in [2.45, 2.75) is 38.6 Å². The van der Waals surface area contributed by atoms with Crippen molar-refractivity contribution in [1.29, 1.82) is 0 Å². The Morgan fingerprint density at radius 1 is 1.22 bits per heavy atom. The number of hydrogen-bond acceptors (Lipinski definition) is 4. The number of nitrogens with two attached hydrogens (primary N) is 2. The van der Waals surface area contributed by atoms with E-state index < -0.39 is 17.9 Å². The molecule has 0 saturated carbocycles. The zero-order valence-corrected chi connectivity index (χ0v) is 10.5. The summed E-state index contributed by atoms with van der Waals surface area (Å²) in [6, 6.07) is -1.07. The Morgan fingerprint density at radius 2 is 1.83 bits per heavy atom. The van der Waals surface area contributed by atoms with Crippen LogP contribution in [-0.4, -0.2) is 35.5 Å². The molecule has 0 aromatic carbocycles. The van der Waals surface area contributed by atoms with Crippen LogP contribution in [0.25, 0.3) is 0 Å². The van der Waals surface area contributed by atoms with Crippen LogP contribution in [0.1, 0.15) is 32.6 Å². The molecule has 0 aliphatic carbocycles. The number of aliphatic carboxylic acids is 1. The molecule has 7 heteroatoms. The number of primary amides is 1. The van der Waals surface area contributed by atoms with Crippen molar-refractivity contribution in [3.63, 3.8) is 0 Å². The van der Waals surface area contributed by atoms with Crippen LogP contribution in [0.4, 0.5) is 0 Å². The van der Waals surface area contributed by atoms with E-state index in [1.54, 1.807) is 0 Å². The Balaban J connectivity index is 4.11. The first-order valence-electron chi connectivity index (χ1n) is 5.87. The maximum Gasteiger partial charge on any atom is 0.326 e. The Labute approximate surface area is 106 Å². The number of nitrogens with one attached hydrogen (secondary N) is 1. The van der Waals surface area contributed by atoms with Gasteiger partial charge in [0.2, 0.25) is 11.8 Å². The molecule has 104 valence electrons. The van der Waals surface area contributed by atoms with Crippen LogP contribution in [0.2, 0.25) is 0 Å². The van der Waals surface area contributed by atoms with E-state index in [0.29, 0.717) is 13.0 Å². The average Bonchev–Trinajstić information content (AvgIpc) is 2.30. The quantitative estimate of drug-likeness (QED) is 0.429. The van der Waals surface area contributed by atoms with Crippen LogP contribution in [0.15, 0.2) is 0 Å². The molecule has 7 nitrogen and oxygen atoms in total. The van der Waals surface area contributed by atoms with Crippen LogP contribution in [0.5, 0.6) is 0 Å². The summed E-state index contributed by atoms with van der Waals surface area (Å²) in [5, 5.41) is 11.2. The summed E-state index contributed by atoms with van der Waals surface area (Å²) in [5.41, 5.74) is 10.3. The first-order chi connectivity index (χ1) is 8.36. The van der Waals surface area contributed by atoms with Crippen molar-refractivity contribution in [3.05, 3.63) is 0 Å². The molecule has 0 rings (SSSR count). The van der Waals surface area contributed by atoms with Gasteiger partial charge in [0.25, 0.3) is 0 Å². The fourth-order valence-corrected chi connectivity index (χ4v) is 1.31. The second-order valence-corrected chi connectivity index (χ2v) is 4.34. The second-order valence-electron chi connectivity index (χ2n) is 4.34. The predicted octanol–water partition coefficient (Wildman–Crippen LogP) is -0.804. The molecule has 0 saturated heterocycles. The fourth-order valence-electron chi connectivity index (χ4n) is 1.31. The summed E-state index contributed by atoms with van der Waals surface area (Å²) in [6.45, 7) is 2.40. The molecule has 0 heterocycles. The molecule has 0 bridgehead atoms. The maximum atomic E-state index is 11.5. The highest BCUT2D eigenvalue weighted by molar-refractivity contribution is 5.84. The lowest BCUT2D eigenvalue weighted by atomic mass is 10.1. The number of amides is 2. The molecule has 0 aliphatic heterocycles. The van der Waals surface area contributed by atoms with E-state index in [0.717, 1.165) is 0 Å². The number of rotatable bonds is 9. The lowest BCUT2D eigenvalue weighted by Crippen LogP contribution is -2.41. The smallest absolute Gasteiger partial charge is 0.326 e. The highest BCUT2D eigenvalue weighted by Gasteiger charge is 2.20. The van der Waals surface area contributed by atoms with E-state index in [2.05, 4.69) is 5.32 Å². The first kappa shape index (κ1) is 16.4. The molecule has 1 unspecified atom stereocenters. The Hall–Kier alpha value is -1.63. The lowest BCUT2D eigenvalue weighted by molar-refractivity contribution is -0.142. The van der Waals surface area contributed by atoms with Crippen LogP contribution in [0.3, 0.4) is 0 Å². The van der Waals surface area contributed by atoms with Crippen LogP contribution in [-0.2, 0) is 14.4 Å². The van der Waals surface area contributed by atoms with Gasteiger partial charge in [-0.1, -0.05) is 6.92 Å². The second kappa shape index (κ2) is 8.46. The van der Waals surface area contributed by atoms with E-state index in [-0.39, 0.29) is 31.1 Å². The summed E-state index contributed by atoms with van der Waals surface area (Å²) in [4.78, 5) is 32.9. The highest BCUT2D eigenvalue weighted by Crippen LogP contribution is 2.04. The average molecular weight is 259 g/mol. The molecular weight excluding hydrogens is 238 g/mol. The van der Waals surface area contributed by atoms with Gasteiger partial charge < -0.3 is 21.9 Å². The predicted molar refractivity (Wildman–Crippen MR) is 65.4 cm³/mol. The van der Waals surface area contributed by atoms with Gasteiger partial charge in [-0.2, -0.15) is 0 Å². The van der Waals surface area contributed by atoms with Crippen LogP contribution >= 0.6 is 0 Å². The Morgan fingerprint density at radius 3 is 2.28 bits per heavy atom. The van der Waals surface area contributed by atoms with Gasteiger partial charge in [-0.3, -0.25) is 9.59 Å². The van der Waals surface area contributed by atoms with Gasteiger partial charge in [-0.15, -0.1) is 0 Å². The molecular formula is C11H21N3O4. The zero-order chi connectivity index (χ0) is 14.1. The summed E-state index contributed by atoms with van der Waals surface area (Å²) in [6.07, 6.45) is 0.752. The molecule has 0 fully saturated rings. The summed E-state index contributed by atoms with van der Waals surface area (Å²) in [5.74, 6) is -1.90. The third kappa shape index (κ3) is 7.61. The molecule has 0 aromatic rings. The van der Waals surface area contributed by atoms with Crippen molar-refractivity contribution in [2.24, 2.45) is 17.4 Å². The molecule has 18 heavy (non-hydrogen) atoms. The van der Waals surface area contributed by atoms with Gasteiger partial charge in [0, 0.05) is 12.8 Å². The van der Waals surface area contributed by atoms with E-state index in [1.807, 2.05) is 6.92 Å². The van der Waals surface area contributed by atoms with E-state index in [4.69, 9.17) is 16.6 Å². The largest absolute Gasteiger partial charge is 0.480 e. The van der Waals surface area contributed by atoms with Crippen molar-refractivity contribution in [1.82, 2.24) is 5.32 Å². The van der Waals surface area contributed by atoms with E-state index in [9.17, 15) is 14.4 Å². The van der Waals surface area contributed by atoms with Gasteiger partial charge >= 0.3 is 5.97 Å². The third-order valence-electron chi connectivity index (χ3n) is 2.58. The van der Waals surface area contributed by atoms with Gasteiger partial charge in [0.05, 0.1) is 0 Å². The van der Waals surface area contributed by atoms with Gasteiger partial charge in [0.1, 0.15) is 6.04 Å². The molecule has 0 aromatic heterocycles. The normalized spacial score (nSPS) is 13.7. The number of carbonyl (C=O) groups is 3. The molecule has 6 N–H and O–H groups in total. The van der Waals surface area contributed by atoms with Gasteiger partial charge in [-0.25, -0.2) is 4.79 Å². The first-order valence-corrected chi connectivity index (χ1v) is 5.87. The summed E-state index contributed by atoms with van der Waals surface area (Å²) < 4.78 is 0. The Bertz CT molecular complexity index is 307. The monoisotopic (exact) mass is 259 g/mol. The third-order valence-corrected chi connectivity index (χ3v) is 2.58. The van der Waals surface area contributed by atoms with Crippen LogP contribution in [0, 0.1) is 5.92 Å². The summed E-state index contributed by atoms with van der Waals surface area (Å²) in [7, 11) is 0. The molecule has 2 amide bonds. The maximum absolute atomic E-state index is 11.5. The number of hydrogen-bond donors (Lipinski definition) is 4. The van der Waals surface area contributed by atoms with Crippen molar-refractivity contribution >= 4 is 17.8 Å². The number of carboxylic acids is 1. The molecule has 0 radical (unpaired) electrons. The minimum absolute atomic E-state index is 0.00283. The van der Waals surface area contributed by atoms with Crippen molar-refractivity contribution in [2.75, 3.05) is 6.54 Å². The number of carbonyl (C=O) groups excluding carboxylic acids is 2. The van der Waals surface area contributed by atoms with Crippen molar-refractivity contribution in [3.8, 4) is 0 Å². The van der Waals surface area contributed by atoms with Crippen molar-refractivity contribution < 1.29 is 19.5 Å². The SMILES string of the molecule is CC(CN)CCC(=O)N[C@H](CCC(N)=O)C(=O)O. The van der Waals surface area contributed by atoms with E-state index >= 15 is 0 Å². The van der Waals surface area contributed by atoms with Gasteiger partial charge in [0.15, 0.2) is 0 Å². The van der Waals surface area contributed by atoms with E-state index in [1.165, 1.54) is 0 Å². The molecule has 0 spiro atoms.